The predicted molar refractivity (Wildman–Crippen MR) is 65.9 cm³/mol. The molecule has 0 amide bonds. The Kier molecular flexibility index (Phi) is 3.35. The molecule has 1 atom stereocenters. The number of aromatic nitrogens is 1. The number of piperidine rings is 1. The van der Waals surface area contributed by atoms with Crippen molar-refractivity contribution in [2.75, 3.05) is 12.3 Å². The lowest BCUT2D eigenvalue weighted by Crippen LogP contribution is -2.42. The second-order valence-electron chi connectivity index (χ2n) is 4.39. The molecule has 2 N–H and O–H groups in total. The average molecular weight is 255 g/mol. The molecular formula is C11H17N3O2S. The van der Waals surface area contributed by atoms with E-state index < -0.39 is 10.0 Å². The van der Waals surface area contributed by atoms with Crippen molar-refractivity contribution >= 4 is 15.7 Å². The quantitative estimate of drug-likeness (QED) is 0.862. The molecule has 0 saturated carbocycles. The molecule has 0 bridgehead atoms. The van der Waals surface area contributed by atoms with Gasteiger partial charge in [0, 0.05) is 12.6 Å². The summed E-state index contributed by atoms with van der Waals surface area (Å²) in [6.45, 7) is 2.52. The van der Waals surface area contributed by atoms with E-state index in [1.165, 1.54) is 16.6 Å². The topological polar surface area (TPSA) is 76.3 Å². The van der Waals surface area contributed by atoms with Crippen molar-refractivity contribution in [3.05, 3.63) is 18.3 Å². The minimum absolute atomic E-state index is 0.0492. The largest absolute Gasteiger partial charge is 0.397 e. The molecule has 5 nitrogen and oxygen atoms in total. The summed E-state index contributed by atoms with van der Waals surface area (Å²) < 4.78 is 26.2. The van der Waals surface area contributed by atoms with E-state index in [2.05, 4.69) is 4.98 Å². The molecular weight excluding hydrogens is 238 g/mol. The maximum Gasteiger partial charge on any atom is 0.260 e. The molecule has 94 valence electrons. The summed E-state index contributed by atoms with van der Waals surface area (Å²) in [6, 6.07) is 3.08. The van der Waals surface area contributed by atoms with Gasteiger partial charge in [-0.3, -0.25) is 0 Å². The average Bonchev–Trinajstić information content (AvgIpc) is 2.30. The fraction of sp³-hybridized carbons (Fsp3) is 0.545. The molecule has 2 rings (SSSR count). The fourth-order valence-electron chi connectivity index (χ4n) is 2.09. The van der Waals surface area contributed by atoms with Crippen molar-refractivity contribution in [2.24, 2.45) is 0 Å². The number of nitrogens with zero attached hydrogens (tertiary/aromatic N) is 2. The first-order valence-corrected chi connectivity index (χ1v) is 7.19. The van der Waals surface area contributed by atoms with Crippen molar-refractivity contribution < 1.29 is 8.42 Å². The molecule has 0 aromatic carbocycles. The smallest absolute Gasteiger partial charge is 0.260 e. The predicted octanol–water partition coefficient (Wildman–Crippen LogP) is 1.23. The van der Waals surface area contributed by atoms with E-state index in [1.54, 1.807) is 6.07 Å². The third-order valence-electron chi connectivity index (χ3n) is 3.07. The van der Waals surface area contributed by atoms with Crippen LogP contribution in [0, 0.1) is 0 Å². The first-order chi connectivity index (χ1) is 8.01. The van der Waals surface area contributed by atoms with Gasteiger partial charge in [0.1, 0.15) is 0 Å². The summed E-state index contributed by atoms with van der Waals surface area (Å²) in [5, 5.41) is 0.0838. The van der Waals surface area contributed by atoms with Gasteiger partial charge in [-0.2, -0.15) is 4.31 Å². The Bertz CT molecular complexity index is 484. The molecule has 1 aliphatic heterocycles. The van der Waals surface area contributed by atoms with E-state index in [9.17, 15) is 8.42 Å². The molecule has 1 aliphatic rings. The van der Waals surface area contributed by atoms with Gasteiger partial charge in [-0.15, -0.1) is 0 Å². The number of hydrogen-bond donors (Lipinski definition) is 1. The van der Waals surface area contributed by atoms with Crippen molar-refractivity contribution in [1.29, 1.82) is 0 Å². The number of nitrogen functional groups attached to an aromatic ring is 1. The van der Waals surface area contributed by atoms with Gasteiger partial charge in [0.15, 0.2) is 5.03 Å². The number of hydrogen-bond acceptors (Lipinski definition) is 4. The summed E-state index contributed by atoms with van der Waals surface area (Å²) in [5.74, 6) is 0. The van der Waals surface area contributed by atoms with E-state index in [4.69, 9.17) is 5.73 Å². The number of rotatable bonds is 2. The first-order valence-electron chi connectivity index (χ1n) is 5.75. The highest BCUT2D eigenvalue weighted by molar-refractivity contribution is 7.89. The molecule has 17 heavy (non-hydrogen) atoms. The van der Waals surface area contributed by atoms with Crippen molar-refractivity contribution in [3.63, 3.8) is 0 Å². The van der Waals surface area contributed by atoms with Crippen LogP contribution in [-0.2, 0) is 10.0 Å². The van der Waals surface area contributed by atoms with Gasteiger partial charge in [0.2, 0.25) is 0 Å². The summed E-state index contributed by atoms with van der Waals surface area (Å²) in [7, 11) is -3.46. The van der Waals surface area contributed by atoms with E-state index in [1.807, 2.05) is 6.92 Å². The lowest BCUT2D eigenvalue weighted by atomic mass is 10.1. The summed E-state index contributed by atoms with van der Waals surface area (Å²) in [6.07, 6.45) is 4.29. The minimum Gasteiger partial charge on any atom is -0.397 e. The van der Waals surface area contributed by atoms with Gasteiger partial charge >= 0.3 is 0 Å². The van der Waals surface area contributed by atoms with Crippen LogP contribution in [0.1, 0.15) is 26.2 Å². The molecule has 0 radical (unpaired) electrons. The molecule has 0 aliphatic carbocycles. The summed E-state index contributed by atoms with van der Waals surface area (Å²) >= 11 is 0. The fourth-order valence-corrected chi connectivity index (χ4v) is 3.71. The third kappa shape index (κ3) is 2.42. The van der Waals surface area contributed by atoms with E-state index in [0.717, 1.165) is 19.3 Å². The first kappa shape index (κ1) is 12.3. The molecule has 1 unspecified atom stereocenters. The Morgan fingerprint density at radius 1 is 1.41 bits per heavy atom. The SMILES string of the molecule is CC1CCCCN1S(=O)(=O)c1ccc(N)cn1. The Hall–Kier alpha value is -1.14. The number of pyridine rings is 1. The zero-order chi connectivity index (χ0) is 12.5. The van der Waals surface area contributed by atoms with Gasteiger partial charge in [0.05, 0.1) is 11.9 Å². The highest BCUT2D eigenvalue weighted by Gasteiger charge is 2.31. The van der Waals surface area contributed by atoms with E-state index in [-0.39, 0.29) is 11.1 Å². The number of anilines is 1. The monoisotopic (exact) mass is 255 g/mol. The van der Waals surface area contributed by atoms with Crippen LogP contribution in [0.15, 0.2) is 23.4 Å². The van der Waals surface area contributed by atoms with Crippen LogP contribution >= 0.6 is 0 Å². The summed E-state index contributed by atoms with van der Waals surface area (Å²) in [5.41, 5.74) is 5.97. The number of sulfonamides is 1. The molecule has 1 aromatic heterocycles. The third-order valence-corrected chi connectivity index (χ3v) is 5.00. The Morgan fingerprint density at radius 2 is 2.18 bits per heavy atom. The van der Waals surface area contributed by atoms with Gasteiger partial charge in [-0.25, -0.2) is 13.4 Å². The second-order valence-corrected chi connectivity index (χ2v) is 6.23. The standard InChI is InChI=1S/C11H17N3O2S/c1-9-4-2-3-7-14(9)17(15,16)11-6-5-10(12)8-13-11/h5-6,8-9H,2-4,7,12H2,1H3. The summed E-state index contributed by atoms with van der Waals surface area (Å²) in [4.78, 5) is 3.90. The molecule has 2 heterocycles. The lowest BCUT2D eigenvalue weighted by Gasteiger charge is -2.31. The van der Waals surface area contributed by atoms with Crippen LogP contribution in [-0.4, -0.2) is 30.3 Å². The van der Waals surface area contributed by atoms with E-state index >= 15 is 0 Å². The van der Waals surface area contributed by atoms with Gasteiger partial charge in [0.25, 0.3) is 10.0 Å². The lowest BCUT2D eigenvalue weighted by molar-refractivity contribution is 0.268. The maximum atomic E-state index is 12.3. The zero-order valence-corrected chi connectivity index (χ0v) is 10.7. The van der Waals surface area contributed by atoms with E-state index in [0.29, 0.717) is 12.2 Å². The molecule has 6 heteroatoms. The van der Waals surface area contributed by atoms with Gasteiger partial charge in [-0.05, 0) is 31.9 Å². The highest BCUT2D eigenvalue weighted by atomic mass is 32.2. The van der Waals surface area contributed by atoms with Crippen molar-refractivity contribution in [1.82, 2.24) is 9.29 Å². The van der Waals surface area contributed by atoms with Crippen LogP contribution in [0.4, 0.5) is 5.69 Å². The Balaban J connectivity index is 2.32. The minimum atomic E-state index is -3.46. The molecule has 1 fully saturated rings. The van der Waals surface area contributed by atoms with Crippen LogP contribution in [0.5, 0.6) is 0 Å². The van der Waals surface area contributed by atoms with Crippen LogP contribution < -0.4 is 5.73 Å². The zero-order valence-electron chi connectivity index (χ0n) is 9.83. The Labute approximate surface area is 102 Å². The molecule has 1 saturated heterocycles. The van der Waals surface area contributed by atoms with Crippen molar-refractivity contribution in [2.45, 2.75) is 37.3 Å². The van der Waals surface area contributed by atoms with Gasteiger partial charge in [-0.1, -0.05) is 6.42 Å². The maximum absolute atomic E-state index is 12.3. The van der Waals surface area contributed by atoms with Crippen LogP contribution in [0.2, 0.25) is 0 Å². The normalized spacial score (nSPS) is 22.5. The van der Waals surface area contributed by atoms with Crippen LogP contribution in [0.25, 0.3) is 0 Å². The Morgan fingerprint density at radius 3 is 2.76 bits per heavy atom. The molecule has 0 spiro atoms. The number of nitrogens with two attached hydrogens (primary N) is 1. The highest BCUT2D eigenvalue weighted by Crippen LogP contribution is 2.24. The molecule has 1 aromatic rings. The second kappa shape index (κ2) is 4.62. The van der Waals surface area contributed by atoms with Gasteiger partial charge < -0.3 is 5.73 Å². The van der Waals surface area contributed by atoms with Crippen molar-refractivity contribution in [3.8, 4) is 0 Å². The van der Waals surface area contributed by atoms with Crippen LogP contribution in [0.3, 0.4) is 0 Å².